The summed E-state index contributed by atoms with van der Waals surface area (Å²) in [5.41, 5.74) is 2.10. The van der Waals surface area contributed by atoms with E-state index >= 15 is 0 Å². The first kappa shape index (κ1) is 18.7. The third-order valence-corrected chi connectivity index (χ3v) is 5.58. The van der Waals surface area contributed by atoms with Gasteiger partial charge in [0, 0.05) is 55.7 Å². The Morgan fingerprint density at radius 1 is 1.29 bits per heavy atom. The molecule has 0 saturated carbocycles. The molecule has 0 spiro atoms. The highest BCUT2D eigenvalue weighted by Gasteiger charge is 2.25. The van der Waals surface area contributed by atoms with Crippen LogP contribution in [0.15, 0.2) is 30.5 Å². The van der Waals surface area contributed by atoms with Crippen LogP contribution in [-0.2, 0) is 16.1 Å². The van der Waals surface area contributed by atoms with Crippen molar-refractivity contribution >= 4 is 16.8 Å². The maximum Gasteiger partial charge on any atom is 0.219 e. The third kappa shape index (κ3) is 3.67. The first-order valence-electron chi connectivity index (χ1n) is 9.93. The van der Waals surface area contributed by atoms with Crippen molar-refractivity contribution in [2.75, 3.05) is 26.8 Å². The van der Waals surface area contributed by atoms with E-state index in [4.69, 9.17) is 14.8 Å². The lowest BCUT2D eigenvalue weighted by atomic mass is 10.00. The van der Waals surface area contributed by atoms with Crippen molar-refractivity contribution in [2.45, 2.75) is 38.6 Å². The summed E-state index contributed by atoms with van der Waals surface area (Å²) in [6.07, 6.45) is 4.90. The molecule has 148 valence electrons. The second kappa shape index (κ2) is 8.14. The number of ether oxygens (including phenoxy) is 1. The molecule has 7 nitrogen and oxygen atoms in total. The molecule has 0 bridgehead atoms. The van der Waals surface area contributed by atoms with E-state index in [2.05, 4.69) is 17.1 Å². The van der Waals surface area contributed by atoms with Crippen LogP contribution in [0.5, 0.6) is 0 Å². The van der Waals surface area contributed by atoms with Crippen LogP contribution >= 0.6 is 0 Å². The molecule has 1 atom stereocenters. The van der Waals surface area contributed by atoms with Gasteiger partial charge in [0.1, 0.15) is 5.82 Å². The Kier molecular flexibility index (Phi) is 5.43. The van der Waals surface area contributed by atoms with E-state index in [-0.39, 0.29) is 5.91 Å². The normalized spacial score (nSPS) is 17.8. The smallest absolute Gasteiger partial charge is 0.219 e. The minimum atomic E-state index is 0.154. The SMILES string of the molecule is COCCn1nc(-c2c[nH]c3ccccc23)nc1C1CCCN(C(C)=O)CC1. The molecule has 1 N–H and O–H groups in total. The number of para-hydroxylation sites is 1. The zero-order valence-corrected chi connectivity index (χ0v) is 16.5. The summed E-state index contributed by atoms with van der Waals surface area (Å²) in [6.45, 7) is 4.52. The number of fused-ring (bicyclic) bond motifs is 1. The highest BCUT2D eigenvalue weighted by molar-refractivity contribution is 5.93. The van der Waals surface area contributed by atoms with Crippen LogP contribution in [0.1, 0.15) is 37.9 Å². The summed E-state index contributed by atoms with van der Waals surface area (Å²) in [5, 5.41) is 5.95. The van der Waals surface area contributed by atoms with Crippen LogP contribution in [0.2, 0.25) is 0 Å². The summed E-state index contributed by atoms with van der Waals surface area (Å²) in [7, 11) is 1.70. The van der Waals surface area contributed by atoms with Crippen molar-refractivity contribution < 1.29 is 9.53 Å². The van der Waals surface area contributed by atoms with Crippen molar-refractivity contribution in [2.24, 2.45) is 0 Å². The van der Waals surface area contributed by atoms with E-state index in [1.165, 1.54) is 0 Å². The number of likely N-dealkylation sites (tertiary alicyclic amines) is 1. The fourth-order valence-electron chi connectivity index (χ4n) is 4.04. The number of aromatic amines is 1. The molecule has 0 aliphatic carbocycles. The summed E-state index contributed by atoms with van der Waals surface area (Å²) in [5.74, 6) is 2.20. The number of carbonyl (C=O) groups is 1. The number of amides is 1. The van der Waals surface area contributed by atoms with Gasteiger partial charge < -0.3 is 14.6 Å². The topological polar surface area (TPSA) is 76.0 Å². The van der Waals surface area contributed by atoms with Crippen LogP contribution in [0.4, 0.5) is 0 Å². The van der Waals surface area contributed by atoms with Gasteiger partial charge >= 0.3 is 0 Å². The van der Waals surface area contributed by atoms with E-state index in [1.807, 2.05) is 27.9 Å². The fraction of sp³-hybridized carbons (Fsp3) is 0.476. The maximum atomic E-state index is 11.8. The number of benzene rings is 1. The van der Waals surface area contributed by atoms with Crippen molar-refractivity contribution in [3.63, 3.8) is 0 Å². The molecule has 1 aliphatic rings. The lowest BCUT2D eigenvalue weighted by Crippen LogP contribution is -2.29. The van der Waals surface area contributed by atoms with E-state index in [0.717, 1.165) is 60.5 Å². The van der Waals surface area contributed by atoms with Crippen molar-refractivity contribution in [3.05, 3.63) is 36.3 Å². The number of H-pyrrole nitrogens is 1. The molecule has 0 radical (unpaired) electrons. The summed E-state index contributed by atoms with van der Waals surface area (Å²) < 4.78 is 7.28. The van der Waals surface area contributed by atoms with Crippen LogP contribution in [0, 0.1) is 0 Å². The number of methoxy groups -OCH3 is 1. The molecule has 1 aromatic carbocycles. The first-order valence-corrected chi connectivity index (χ1v) is 9.93. The lowest BCUT2D eigenvalue weighted by Gasteiger charge is -2.18. The molecule has 7 heteroatoms. The number of nitrogens with zero attached hydrogens (tertiary/aromatic N) is 4. The molecular formula is C21H27N5O2. The Morgan fingerprint density at radius 3 is 2.96 bits per heavy atom. The van der Waals surface area contributed by atoms with Crippen molar-refractivity contribution in [1.29, 1.82) is 0 Å². The monoisotopic (exact) mass is 381 g/mol. The number of hydrogen-bond donors (Lipinski definition) is 1. The number of carbonyl (C=O) groups excluding carboxylic acids is 1. The van der Waals surface area contributed by atoms with Gasteiger partial charge in [0.05, 0.1) is 13.2 Å². The molecule has 1 amide bonds. The predicted molar refractivity (Wildman–Crippen MR) is 108 cm³/mol. The second-order valence-electron chi connectivity index (χ2n) is 7.39. The van der Waals surface area contributed by atoms with Gasteiger partial charge in [-0.05, 0) is 25.3 Å². The third-order valence-electron chi connectivity index (χ3n) is 5.58. The molecule has 3 aromatic rings. The summed E-state index contributed by atoms with van der Waals surface area (Å²) in [4.78, 5) is 22.0. The minimum Gasteiger partial charge on any atom is -0.383 e. The van der Waals surface area contributed by atoms with Crippen LogP contribution < -0.4 is 0 Å². The molecule has 2 aromatic heterocycles. The Labute approximate surface area is 164 Å². The predicted octanol–water partition coefficient (Wildman–Crippen LogP) is 3.19. The summed E-state index contributed by atoms with van der Waals surface area (Å²) in [6, 6.07) is 8.20. The first-order chi connectivity index (χ1) is 13.7. The molecule has 3 heterocycles. The highest BCUT2D eigenvalue weighted by atomic mass is 16.5. The zero-order chi connectivity index (χ0) is 19.5. The van der Waals surface area contributed by atoms with Gasteiger partial charge in [-0.25, -0.2) is 9.67 Å². The maximum absolute atomic E-state index is 11.8. The van der Waals surface area contributed by atoms with E-state index in [0.29, 0.717) is 19.1 Å². The second-order valence-corrected chi connectivity index (χ2v) is 7.39. The molecule has 1 fully saturated rings. The van der Waals surface area contributed by atoms with E-state index < -0.39 is 0 Å². The van der Waals surface area contributed by atoms with Crippen molar-refractivity contribution in [3.8, 4) is 11.4 Å². The van der Waals surface area contributed by atoms with E-state index in [9.17, 15) is 4.79 Å². The fourth-order valence-corrected chi connectivity index (χ4v) is 4.04. The van der Waals surface area contributed by atoms with Crippen LogP contribution in [-0.4, -0.2) is 57.4 Å². The van der Waals surface area contributed by atoms with Gasteiger partial charge in [-0.3, -0.25) is 4.79 Å². The molecule has 28 heavy (non-hydrogen) atoms. The van der Waals surface area contributed by atoms with Gasteiger partial charge in [-0.2, -0.15) is 5.10 Å². The van der Waals surface area contributed by atoms with Gasteiger partial charge in [0.15, 0.2) is 5.82 Å². The Hall–Kier alpha value is -2.67. The molecule has 1 saturated heterocycles. The number of aromatic nitrogens is 4. The van der Waals surface area contributed by atoms with Crippen LogP contribution in [0.3, 0.4) is 0 Å². The van der Waals surface area contributed by atoms with Gasteiger partial charge in [0.2, 0.25) is 5.91 Å². The Morgan fingerprint density at radius 2 is 2.14 bits per heavy atom. The van der Waals surface area contributed by atoms with Crippen LogP contribution in [0.25, 0.3) is 22.3 Å². The molecule has 4 rings (SSSR count). The standard InChI is InChI=1S/C21H27N5O2/c1-15(27)25-10-5-6-16(9-11-25)21-23-20(24-26(21)12-13-28-2)18-14-22-19-8-4-3-7-17(18)19/h3-4,7-8,14,16,22H,5-6,9-13H2,1-2H3. The Balaban J connectivity index is 1.67. The van der Waals surface area contributed by atoms with E-state index in [1.54, 1.807) is 14.0 Å². The lowest BCUT2D eigenvalue weighted by molar-refractivity contribution is -0.128. The number of hydrogen-bond acceptors (Lipinski definition) is 4. The van der Waals surface area contributed by atoms with Gasteiger partial charge in [0.25, 0.3) is 0 Å². The van der Waals surface area contributed by atoms with Gasteiger partial charge in [-0.15, -0.1) is 0 Å². The minimum absolute atomic E-state index is 0.154. The zero-order valence-electron chi connectivity index (χ0n) is 16.5. The van der Waals surface area contributed by atoms with Crippen molar-refractivity contribution in [1.82, 2.24) is 24.6 Å². The highest BCUT2D eigenvalue weighted by Crippen LogP contribution is 2.31. The number of rotatable bonds is 5. The summed E-state index contributed by atoms with van der Waals surface area (Å²) >= 11 is 0. The Bertz CT molecular complexity index is 961. The average molecular weight is 381 g/mol. The van der Waals surface area contributed by atoms with Gasteiger partial charge in [-0.1, -0.05) is 18.2 Å². The number of nitrogens with one attached hydrogen (secondary N) is 1. The largest absolute Gasteiger partial charge is 0.383 e. The molecule has 1 unspecified atom stereocenters. The quantitative estimate of drug-likeness (QED) is 0.736. The average Bonchev–Trinajstić information content (AvgIpc) is 3.22. The molecule has 1 aliphatic heterocycles. The molecular weight excluding hydrogens is 354 g/mol.